The van der Waals surface area contributed by atoms with E-state index in [0.717, 1.165) is 9.87 Å². The Balaban J connectivity index is 1.64. The quantitative estimate of drug-likeness (QED) is 0.492. The largest absolute Gasteiger partial charge is 0.486 e. The van der Waals surface area contributed by atoms with Crippen molar-refractivity contribution in [3.8, 4) is 11.5 Å². The first-order valence-corrected chi connectivity index (χ1v) is 13.7. The Morgan fingerprint density at radius 3 is 2.30 bits per heavy atom. The minimum Gasteiger partial charge on any atom is -0.486 e. The summed E-state index contributed by atoms with van der Waals surface area (Å²) in [5.41, 5.74) is 1.17. The Hall–Kier alpha value is -3.44. The molecule has 2 N–H and O–H groups in total. The highest BCUT2D eigenvalue weighted by atomic mass is 32.2. The van der Waals surface area contributed by atoms with Crippen molar-refractivity contribution < 1.29 is 32.3 Å². The van der Waals surface area contributed by atoms with Crippen LogP contribution in [0.1, 0.15) is 31.9 Å². The Kier molecular flexibility index (Phi) is 7.84. The molecule has 2 aliphatic heterocycles. The minimum atomic E-state index is -4.04. The van der Waals surface area contributed by atoms with Gasteiger partial charge in [0.2, 0.25) is 21.7 Å². The van der Waals surface area contributed by atoms with Crippen LogP contribution in [0.4, 0.5) is 0 Å². The van der Waals surface area contributed by atoms with Gasteiger partial charge in [0.25, 0.3) is 5.91 Å². The van der Waals surface area contributed by atoms with Gasteiger partial charge in [0.05, 0.1) is 4.90 Å². The topological polar surface area (TPSA) is 131 Å². The third-order valence-corrected chi connectivity index (χ3v) is 8.31. The number of nitrogens with zero attached hydrogens (tertiary/aromatic N) is 1. The third kappa shape index (κ3) is 5.62. The fourth-order valence-electron chi connectivity index (χ4n) is 4.55. The van der Waals surface area contributed by atoms with Crippen molar-refractivity contribution >= 4 is 27.6 Å². The smallest absolute Gasteiger partial charge is 0.289 e. The molecule has 11 heteroatoms. The number of benzene rings is 2. The number of ketones is 1. The first-order valence-electron chi connectivity index (χ1n) is 12.2. The molecule has 0 radical (unpaired) electrons. The van der Waals surface area contributed by atoms with Crippen molar-refractivity contribution in [3.63, 3.8) is 0 Å². The van der Waals surface area contributed by atoms with E-state index in [1.165, 1.54) is 6.07 Å². The Bertz CT molecular complexity index is 1290. The number of rotatable bonds is 8. The molecule has 0 bridgehead atoms. The minimum absolute atomic E-state index is 0.0411. The number of sulfonamides is 1. The van der Waals surface area contributed by atoms with E-state index >= 15 is 0 Å². The lowest BCUT2D eigenvalue weighted by Gasteiger charge is -2.35. The number of ether oxygens (including phenoxy) is 2. The molecular weight excluding hydrogens is 498 g/mol. The number of carbonyl (C=O) groups is 3. The van der Waals surface area contributed by atoms with Crippen LogP contribution < -0.4 is 20.1 Å². The van der Waals surface area contributed by atoms with E-state index in [1.807, 2.05) is 6.07 Å². The third-order valence-electron chi connectivity index (χ3n) is 6.25. The predicted molar refractivity (Wildman–Crippen MR) is 135 cm³/mol. The van der Waals surface area contributed by atoms with Gasteiger partial charge in [-0.25, -0.2) is 8.42 Å². The van der Waals surface area contributed by atoms with Crippen molar-refractivity contribution in [2.45, 2.75) is 56.6 Å². The van der Waals surface area contributed by atoms with Gasteiger partial charge in [-0.15, -0.1) is 0 Å². The number of hydrogen-bond acceptors (Lipinski definition) is 7. The van der Waals surface area contributed by atoms with Crippen LogP contribution in [0.2, 0.25) is 0 Å². The number of fused-ring (bicyclic) bond motifs is 2. The summed E-state index contributed by atoms with van der Waals surface area (Å²) in [6.07, 6.45) is 0.160. The van der Waals surface area contributed by atoms with Gasteiger partial charge in [0, 0.05) is 25.1 Å². The maximum atomic E-state index is 13.5. The van der Waals surface area contributed by atoms with E-state index in [0.29, 0.717) is 30.3 Å². The molecule has 2 atom stereocenters. The van der Waals surface area contributed by atoms with Crippen molar-refractivity contribution in [1.82, 2.24) is 14.9 Å². The Morgan fingerprint density at radius 2 is 1.68 bits per heavy atom. The van der Waals surface area contributed by atoms with Crippen LogP contribution in [0.25, 0.3) is 0 Å². The number of hydrogen-bond donors (Lipinski definition) is 2. The molecule has 0 saturated carbocycles. The van der Waals surface area contributed by atoms with Crippen LogP contribution in [-0.2, 0) is 37.2 Å². The fraction of sp³-hybridized carbons (Fsp3) is 0.423. The lowest BCUT2D eigenvalue weighted by molar-refractivity contribution is -0.140. The molecule has 4 rings (SSSR count). The zero-order chi connectivity index (χ0) is 26.7. The Morgan fingerprint density at radius 1 is 1.03 bits per heavy atom. The molecule has 2 amide bonds. The number of nitrogens with one attached hydrogen (secondary N) is 2. The molecule has 37 heavy (non-hydrogen) atoms. The highest BCUT2D eigenvalue weighted by Gasteiger charge is 2.43. The van der Waals surface area contributed by atoms with Crippen molar-refractivity contribution in [1.29, 1.82) is 0 Å². The van der Waals surface area contributed by atoms with Crippen LogP contribution in [0.15, 0.2) is 47.4 Å². The summed E-state index contributed by atoms with van der Waals surface area (Å²) in [5.74, 6) is -1.50. The molecule has 2 heterocycles. The number of likely N-dealkylation sites (N-methyl/N-ethyl adjacent to an activating group) is 1. The highest BCUT2D eigenvalue weighted by Crippen LogP contribution is 2.39. The van der Waals surface area contributed by atoms with Gasteiger partial charge >= 0.3 is 0 Å². The second kappa shape index (κ2) is 10.9. The van der Waals surface area contributed by atoms with Crippen molar-refractivity contribution in [2.75, 3.05) is 19.8 Å². The molecule has 0 aromatic heterocycles. The van der Waals surface area contributed by atoms with E-state index in [1.54, 1.807) is 51.1 Å². The number of Topliss-reactive ketones (excluding diaryl/α,β-unsaturated/α-hetero) is 1. The van der Waals surface area contributed by atoms with E-state index < -0.39 is 39.7 Å². The van der Waals surface area contributed by atoms with Crippen LogP contribution in [0.3, 0.4) is 0 Å². The molecule has 198 valence electrons. The van der Waals surface area contributed by atoms with Crippen LogP contribution >= 0.6 is 0 Å². The van der Waals surface area contributed by atoms with Gasteiger partial charge in [-0.05, 0) is 37.5 Å². The van der Waals surface area contributed by atoms with Crippen molar-refractivity contribution in [3.05, 3.63) is 53.6 Å². The summed E-state index contributed by atoms with van der Waals surface area (Å²) in [4.78, 5) is 39.2. The van der Waals surface area contributed by atoms with Crippen molar-refractivity contribution in [2.24, 2.45) is 0 Å². The molecule has 1 unspecified atom stereocenters. The summed E-state index contributed by atoms with van der Waals surface area (Å²) < 4.78 is 39.3. The van der Waals surface area contributed by atoms with Crippen LogP contribution in [0.5, 0.6) is 11.5 Å². The summed E-state index contributed by atoms with van der Waals surface area (Å²) >= 11 is 0. The molecule has 2 aromatic rings. The average Bonchev–Trinajstić information content (AvgIpc) is 2.86. The summed E-state index contributed by atoms with van der Waals surface area (Å²) in [6.45, 7) is 5.80. The molecule has 0 fully saturated rings. The van der Waals surface area contributed by atoms with E-state index in [9.17, 15) is 22.8 Å². The standard InChI is InChI=1S/C26H31N3O7S/c1-4-29-20(13-18-14-21-22(36-11-10-35-21)15-23(18)37(29,33)34)25(31)28-19(12-17-8-6-5-7-9-17)24(30)26(32)27-16(2)3/h5-9,14-16,19-20H,4,10-13H2,1-3H3,(H,27,32)(H,28,31)/t19-,20?/m0/s1. The van der Waals surface area contributed by atoms with E-state index in [2.05, 4.69) is 10.6 Å². The molecule has 2 aliphatic rings. The zero-order valence-electron chi connectivity index (χ0n) is 21.0. The van der Waals surface area contributed by atoms with Crippen LogP contribution in [-0.4, -0.2) is 68.2 Å². The maximum Gasteiger partial charge on any atom is 0.289 e. The van der Waals surface area contributed by atoms with Gasteiger partial charge in [-0.3, -0.25) is 14.4 Å². The highest BCUT2D eigenvalue weighted by molar-refractivity contribution is 7.89. The van der Waals surface area contributed by atoms with Gasteiger partial charge < -0.3 is 20.1 Å². The van der Waals surface area contributed by atoms with E-state index in [4.69, 9.17) is 9.47 Å². The molecule has 0 spiro atoms. The van der Waals surface area contributed by atoms with Crippen LogP contribution in [0, 0.1) is 0 Å². The SMILES string of the molecule is CCN1C(C(=O)N[C@@H](Cc2ccccc2)C(=O)C(=O)NC(C)C)Cc2cc3c(cc2S1(=O)=O)OCCO3. The lowest BCUT2D eigenvalue weighted by Crippen LogP contribution is -2.57. The van der Waals surface area contributed by atoms with E-state index in [-0.39, 0.29) is 30.3 Å². The predicted octanol–water partition coefficient (Wildman–Crippen LogP) is 1.21. The van der Waals surface area contributed by atoms with Gasteiger partial charge in [-0.2, -0.15) is 4.31 Å². The monoisotopic (exact) mass is 529 g/mol. The normalized spacial score (nSPS) is 19.0. The Labute approximate surface area is 216 Å². The lowest BCUT2D eigenvalue weighted by atomic mass is 9.99. The molecule has 2 aromatic carbocycles. The number of amides is 2. The summed E-state index contributed by atoms with van der Waals surface area (Å²) in [7, 11) is -4.04. The molecule has 10 nitrogen and oxygen atoms in total. The molecular formula is C26H31N3O7S. The zero-order valence-corrected chi connectivity index (χ0v) is 21.8. The second-order valence-electron chi connectivity index (χ2n) is 9.28. The average molecular weight is 530 g/mol. The first kappa shape index (κ1) is 26.6. The molecule has 0 saturated heterocycles. The van der Waals surface area contributed by atoms with Gasteiger partial charge in [0.1, 0.15) is 25.3 Å². The maximum absolute atomic E-state index is 13.5. The fourth-order valence-corrected chi connectivity index (χ4v) is 6.38. The summed E-state index contributed by atoms with van der Waals surface area (Å²) in [6, 6.07) is 9.48. The molecule has 0 aliphatic carbocycles. The van der Waals surface area contributed by atoms with Gasteiger partial charge in [0.15, 0.2) is 11.5 Å². The second-order valence-corrected chi connectivity index (χ2v) is 11.1. The first-order chi connectivity index (χ1) is 17.6. The van der Waals surface area contributed by atoms with Gasteiger partial charge in [-0.1, -0.05) is 37.3 Å². The summed E-state index contributed by atoms with van der Waals surface area (Å²) in [5, 5.41) is 5.24. The number of carbonyl (C=O) groups excluding carboxylic acids is 3.